The van der Waals surface area contributed by atoms with Gasteiger partial charge in [-0.25, -0.2) is 4.79 Å². The molecule has 1 heterocycles. The third kappa shape index (κ3) is 4.77. The van der Waals surface area contributed by atoms with Gasteiger partial charge in [0, 0.05) is 43.4 Å². The molecule has 6 nitrogen and oxygen atoms in total. The summed E-state index contributed by atoms with van der Waals surface area (Å²) in [6.07, 6.45) is 0. The van der Waals surface area contributed by atoms with Gasteiger partial charge in [0.1, 0.15) is 0 Å². The SMILES string of the molecule is COc1ccc(CNC(=O)N2CCN(c3ccc(Cl)cc3)CC2)cc1OC. The van der Waals surface area contributed by atoms with E-state index in [4.69, 9.17) is 21.1 Å². The minimum atomic E-state index is -0.0551. The molecular weight excluding hydrogens is 366 g/mol. The van der Waals surface area contributed by atoms with Crippen molar-refractivity contribution in [1.29, 1.82) is 0 Å². The summed E-state index contributed by atoms with van der Waals surface area (Å²) in [5.74, 6) is 1.33. The van der Waals surface area contributed by atoms with E-state index in [1.807, 2.05) is 47.4 Å². The number of benzene rings is 2. The number of nitrogens with one attached hydrogen (secondary N) is 1. The minimum absolute atomic E-state index is 0.0551. The van der Waals surface area contributed by atoms with Crippen LogP contribution >= 0.6 is 11.6 Å². The van der Waals surface area contributed by atoms with Crippen LogP contribution in [-0.4, -0.2) is 51.3 Å². The second-order valence-corrected chi connectivity index (χ2v) is 6.73. The first-order valence-electron chi connectivity index (χ1n) is 8.85. The van der Waals surface area contributed by atoms with Gasteiger partial charge in [0.15, 0.2) is 11.5 Å². The fourth-order valence-corrected chi connectivity index (χ4v) is 3.23. The van der Waals surface area contributed by atoms with Crippen LogP contribution in [0.5, 0.6) is 11.5 Å². The van der Waals surface area contributed by atoms with Crippen LogP contribution in [0.4, 0.5) is 10.5 Å². The number of urea groups is 1. The Bertz CT molecular complexity index is 775. The number of hydrogen-bond acceptors (Lipinski definition) is 4. The van der Waals surface area contributed by atoms with E-state index in [9.17, 15) is 4.79 Å². The zero-order valence-electron chi connectivity index (χ0n) is 15.6. The first kappa shape index (κ1) is 19.2. The number of rotatable bonds is 5. The Morgan fingerprint density at radius 3 is 2.30 bits per heavy atom. The van der Waals surface area contributed by atoms with Crippen LogP contribution in [0, 0.1) is 0 Å². The monoisotopic (exact) mass is 389 g/mol. The van der Waals surface area contributed by atoms with Crippen LogP contribution in [0.1, 0.15) is 5.56 Å². The summed E-state index contributed by atoms with van der Waals surface area (Å²) < 4.78 is 10.5. The Morgan fingerprint density at radius 1 is 1.00 bits per heavy atom. The highest BCUT2D eigenvalue weighted by atomic mass is 35.5. The van der Waals surface area contributed by atoms with Gasteiger partial charge in [-0.15, -0.1) is 0 Å². The second-order valence-electron chi connectivity index (χ2n) is 6.30. The lowest BCUT2D eigenvalue weighted by Crippen LogP contribution is -2.51. The van der Waals surface area contributed by atoms with Crippen LogP contribution in [0.3, 0.4) is 0 Å². The fourth-order valence-electron chi connectivity index (χ4n) is 3.10. The zero-order valence-corrected chi connectivity index (χ0v) is 16.3. The molecule has 0 aliphatic carbocycles. The quantitative estimate of drug-likeness (QED) is 0.851. The van der Waals surface area contributed by atoms with E-state index in [1.54, 1.807) is 14.2 Å². The van der Waals surface area contributed by atoms with Gasteiger partial charge in [0.2, 0.25) is 0 Å². The summed E-state index contributed by atoms with van der Waals surface area (Å²) in [6.45, 7) is 3.40. The maximum absolute atomic E-state index is 12.5. The van der Waals surface area contributed by atoms with Crippen LogP contribution < -0.4 is 19.7 Å². The standard InChI is InChI=1S/C20H24ClN3O3/c1-26-18-8-3-15(13-19(18)27-2)14-22-20(25)24-11-9-23(10-12-24)17-6-4-16(21)5-7-17/h3-8,13H,9-12,14H2,1-2H3,(H,22,25). The highest BCUT2D eigenvalue weighted by molar-refractivity contribution is 6.30. The number of halogens is 1. The summed E-state index contributed by atoms with van der Waals surface area (Å²) in [6, 6.07) is 13.4. The number of nitrogens with zero attached hydrogens (tertiary/aromatic N) is 2. The van der Waals surface area contributed by atoms with Crippen molar-refractivity contribution in [2.75, 3.05) is 45.3 Å². The normalized spacial score (nSPS) is 14.0. The zero-order chi connectivity index (χ0) is 19.2. The van der Waals surface area contributed by atoms with Gasteiger partial charge in [-0.05, 0) is 42.0 Å². The number of ether oxygens (including phenoxy) is 2. The molecule has 2 aromatic rings. The Morgan fingerprint density at radius 2 is 1.67 bits per heavy atom. The number of piperazine rings is 1. The molecule has 2 aromatic carbocycles. The number of hydrogen-bond donors (Lipinski definition) is 1. The molecule has 27 heavy (non-hydrogen) atoms. The summed E-state index contributed by atoms with van der Waals surface area (Å²) in [7, 11) is 3.20. The van der Waals surface area contributed by atoms with Crippen molar-refractivity contribution in [3.63, 3.8) is 0 Å². The first-order valence-corrected chi connectivity index (χ1v) is 9.22. The molecule has 1 N–H and O–H groups in total. The average molecular weight is 390 g/mol. The molecule has 0 atom stereocenters. The number of carbonyl (C=O) groups is 1. The van der Waals surface area contributed by atoms with E-state index < -0.39 is 0 Å². The Kier molecular flexibility index (Phi) is 6.29. The van der Waals surface area contributed by atoms with Crippen molar-refractivity contribution in [3.05, 3.63) is 53.1 Å². The van der Waals surface area contributed by atoms with Crippen molar-refractivity contribution < 1.29 is 14.3 Å². The topological polar surface area (TPSA) is 54.0 Å². The Labute approximate surface area is 164 Å². The van der Waals surface area contributed by atoms with Crippen molar-refractivity contribution in [3.8, 4) is 11.5 Å². The van der Waals surface area contributed by atoms with Gasteiger partial charge in [-0.3, -0.25) is 0 Å². The molecule has 0 radical (unpaired) electrons. The summed E-state index contributed by atoms with van der Waals surface area (Å²) in [5.41, 5.74) is 2.09. The summed E-state index contributed by atoms with van der Waals surface area (Å²) >= 11 is 5.94. The molecule has 1 aliphatic rings. The highest BCUT2D eigenvalue weighted by Crippen LogP contribution is 2.27. The van der Waals surface area contributed by atoms with Crippen molar-refractivity contribution in [1.82, 2.24) is 10.2 Å². The molecule has 3 rings (SSSR count). The van der Waals surface area contributed by atoms with E-state index in [2.05, 4.69) is 10.2 Å². The van der Waals surface area contributed by atoms with Gasteiger partial charge in [0.25, 0.3) is 0 Å². The molecule has 0 aromatic heterocycles. The lowest BCUT2D eigenvalue weighted by molar-refractivity contribution is 0.194. The maximum atomic E-state index is 12.5. The van der Waals surface area contributed by atoms with E-state index in [0.717, 1.165) is 29.4 Å². The molecular formula is C20H24ClN3O3. The maximum Gasteiger partial charge on any atom is 0.317 e. The number of carbonyl (C=O) groups excluding carboxylic acids is 1. The predicted molar refractivity (Wildman–Crippen MR) is 107 cm³/mol. The fraction of sp³-hybridized carbons (Fsp3) is 0.350. The molecule has 1 aliphatic heterocycles. The summed E-state index contributed by atoms with van der Waals surface area (Å²) in [4.78, 5) is 16.6. The Balaban J connectivity index is 1.50. The number of anilines is 1. The minimum Gasteiger partial charge on any atom is -0.493 e. The van der Waals surface area contributed by atoms with E-state index >= 15 is 0 Å². The molecule has 144 valence electrons. The molecule has 0 saturated carbocycles. The molecule has 0 bridgehead atoms. The van der Waals surface area contributed by atoms with Gasteiger partial charge in [-0.2, -0.15) is 0 Å². The number of methoxy groups -OCH3 is 2. The van der Waals surface area contributed by atoms with Crippen LogP contribution in [0.25, 0.3) is 0 Å². The van der Waals surface area contributed by atoms with Gasteiger partial charge in [-0.1, -0.05) is 17.7 Å². The first-order chi connectivity index (χ1) is 13.1. The van der Waals surface area contributed by atoms with Gasteiger partial charge >= 0.3 is 6.03 Å². The third-order valence-corrected chi connectivity index (χ3v) is 4.90. The Hall–Kier alpha value is -2.60. The van der Waals surface area contributed by atoms with Gasteiger partial charge in [0.05, 0.1) is 14.2 Å². The van der Waals surface area contributed by atoms with Crippen molar-refractivity contribution >= 4 is 23.3 Å². The molecule has 7 heteroatoms. The smallest absolute Gasteiger partial charge is 0.317 e. The van der Waals surface area contributed by atoms with Crippen LogP contribution in [0.2, 0.25) is 5.02 Å². The molecule has 1 fully saturated rings. The average Bonchev–Trinajstić information content (AvgIpc) is 2.72. The largest absolute Gasteiger partial charge is 0.493 e. The molecule has 1 saturated heterocycles. The van der Waals surface area contributed by atoms with Crippen LogP contribution in [-0.2, 0) is 6.54 Å². The van der Waals surface area contributed by atoms with E-state index in [0.29, 0.717) is 31.1 Å². The lowest BCUT2D eigenvalue weighted by atomic mass is 10.2. The summed E-state index contributed by atoms with van der Waals surface area (Å²) in [5, 5.41) is 3.70. The predicted octanol–water partition coefficient (Wildman–Crippen LogP) is 3.39. The number of amides is 2. The van der Waals surface area contributed by atoms with E-state index in [1.165, 1.54) is 0 Å². The van der Waals surface area contributed by atoms with Crippen molar-refractivity contribution in [2.45, 2.75) is 6.54 Å². The molecule has 2 amide bonds. The van der Waals surface area contributed by atoms with Crippen molar-refractivity contribution in [2.24, 2.45) is 0 Å². The van der Waals surface area contributed by atoms with E-state index in [-0.39, 0.29) is 6.03 Å². The highest BCUT2D eigenvalue weighted by Gasteiger charge is 2.21. The third-order valence-electron chi connectivity index (χ3n) is 4.65. The molecule has 0 unspecified atom stereocenters. The lowest BCUT2D eigenvalue weighted by Gasteiger charge is -2.36. The van der Waals surface area contributed by atoms with Crippen LogP contribution in [0.15, 0.2) is 42.5 Å². The second kappa shape index (κ2) is 8.86. The molecule has 0 spiro atoms. The van der Waals surface area contributed by atoms with Gasteiger partial charge < -0.3 is 24.6 Å².